The molecule has 0 amide bonds. The lowest BCUT2D eigenvalue weighted by Gasteiger charge is -2.23. The Morgan fingerprint density at radius 3 is 2.38 bits per heavy atom. The molecule has 0 saturated carbocycles. The molecule has 6 heteroatoms. The molecular formula is C10H20N4OS. The van der Waals surface area contributed by atoms with E-state index in [0.717, 1.165) is 19.6 Å². The normalized spacial score (nSPS) is 16.8. The summed E-state index contributed by atoms with van der Waals surface area (Å²) in [5.41, 5.74) is 4.93. The highest BCUT2D eigenvalue weighted by Gasteiger charge is 2.13. The van der Waals surface area contributed by atoms with Crippen molar-refractivity contribution in [2.24, 2.45) is 11.6 Å². The molecule has 0 unspecified atom stereocenters. The summed E-state index contributed by atoms with van der Waals surface area (Å²) < 4.78 is 0. The number of Topliss-reactive ketones (excluding diaryl/α,β-unsaturated/α-hetero) is 1. The summed E-state index contributed by atoms with van der Waals surface area (Å²) in [6.07, 6.45) is 4.35. The van der Waals surface area contributed by atoms with Crippen molar-refractivity contribution in [2.75, 3.05) is 26.7 Å². The monoisotopic (exact) mass is 244 g/mol. The van der Waals surface area contributed by atoms with E-state index in [9.17, 15) is 4.79 Å². The molecule has 4 N–H and O–H groups in total. The lowest BCUT2D eigenvalue weighted by molar-refractivity contribution is -0.121. The van der Waals surface area contributed by atoms with Crippen molar-refractivity contribution in [1.29, 1.82) is 0 Å². The Morgan fingerprint density at radius 1 is 1.50 bits per heavy atom. The largest absolute Gasteiger partial charge is 0.403 e. The van der Waals surface area contributed by atoms with Crippen LogP contribution in [0.5, 0.6) is 0 Å². The number of rotatable bonds is 3. The van der Waals surface area contributed by atoms with Crippen LogP contribution in [0.4, 0.5) is 0 Å². The number of nitrogens with two attached hydrogens (primary N) is 2. The summed E-state index contributed by atoms with van der Waals surface area (Å²) in [4.78, 5) is 13.0. The lowest BCUT2D eigenvalue weighted by atomic mass is 10.1. The van der Waals surface area contributed by atoms with Gasteiger partial charge in [0.25, 0.3) is 0 Å². The summed E-state index contributed by atoms with van der Waals surface area (Å²) in [5, 5.41) is 3.09. The van der Waals surface area contributed by atoms with Crippen molar-refractivity contribution in [3.63, 3.8) is 0 Å². The first-order valence-electron chi connectivity index (χ1n) is 5.13. The topological polar surface area (TPSA) is 75.6 Å². The quantitative estimate of drug-likeness (QED) is 0.409. The van der Waals surface area contributed by atoms with Crippen molar-refractivity contribution in [3.05, 3.63) is 12.4 Å². The van der Waals surface area contributed by atoms with Gasteiger partial charge in [-0.3, -0.25) is 9.69 Å². The van der Waals surface area contributed by atoms with Gasteiger partial charge in [0.2, 0.25) is 0 Å². The van der Waals surface area contributed by atoms with Crippen LogP contribution in [-0.2, 0) is 4.79 Å². The fourth-order valence-electron chi connectivity index (χ4n) is 1.23. The second-order valence-corrected chi connectivity index (χ2v) is 3.85. The average Bonchev–Trinajstić information content (AvgIpc) is 2.22. The molecule has 16 heavy (non-hydrogen) atoms. The van der Waals surface area contributed by atoms with Gasteiger partial charge in [0.05, 0.1) is 0 Å². The Hall–Kier alpha value is -0.980. The van der Waals surface area contributed by atoms with Gasteiger partial charge in [-0.2, -0.15) is 0 Å². The van der Waals surface area contributed by atoms with Gasteiger partial charge in [-0.15, -0.1) is 0 Å². The smallest absolute Gasteiger partial charge is 0.135 e. The van der Waals surface area contributed by atoms with Gasteiger partial charge in [-0.1, -0.05) is 12.2 Å². The second-order valence-electron chi connectivity index (χ2n) is 3.51. The molecule has 0 atom stereocenters. The summed E-state index contributed by atoms with van der Waals surface area (Å²) in [6.45, 7) is 2.64. The molecule has 1 fully saturated rings. The Kier molecular flexibility index (Phi) is 8.69. The van der Waals surface area contributed by atoms with Gasteiger partial charge >= 0.3 is 0 Å². The minimum Gasteiger partial charge on any atom is -0.403 e. The molecule has 0 aliphatic carbocycles. The van der Waals surface area contributed by atoms with Crippen molar-refractivity contribution in [2.45, 2.75) is 12.8 Å². The predicted molar refractivity (Wildman–Crippen MR) is 69.6 cm³/mol. The maximum Gasteiger partial charge on any atom is 0.135 e. The van der Waals surface area contributed by atoms with Crippen molar-refractivity contribution < 1.29 is 4.79 Å². The van der Waals surface area contributed by atoms with Crippen LogP contribution in [0.25, 0.3) is 0 Å². The number of thiocarbonyl (C=S) groups is 1. The molecular weight excluding hydrogens is 224 g/mol. The molecule has 1 aliphatic rings. The Morgan fingerprint density at radius 2 is 2.06 bits per heavy atom. The van der Waals surface area contributed by atoms with Crippen LogP contribution in [0, 0.1) is 0 Å². The number of carbonyl (C=O) groups excluding carboxylic acids is 1. The highest BCUT2D eigenvalue weighted by molar-refractivity contribution is 7.79. The third-order valence-corrected chi connectivity index (χ3v) is 2.22. The first-order chi connectivity index (χ1) is 7.60. The Labute approximate surface area is 102 Å². The van der Waals surface area contributed by atoms with E-state index >= 15 is 0 Å². The number of hydrogen-bond donors (Lipinski definition) is 2. The molecule has 1 heterocycles. The van der Waals surface area contributed by atoms with Crippen molar-refractivity contribution in [1.82, 2.24) is 9.91 Å². The molecule has 1 saturated heterocycles. The standard InChI is InChI=1S/C7H11NOS.C3H9N3/c9-7-1-3-8(4-2-7)5-6-10;1-6(5)3-2-4/h6H,1-5H2;2-3H,4-5H2,1H3/b;3-2-. The highest BCUT2D eigenvalue weighted by Crippen LogP contribution is 2.03. The number of nitrogens with zero attached hydrogens (tertiary/aromatic N) is 2. The molecule has 5 nitrogen and oxygen atoms in total. The van der Waals surface area contributed by atoms with Crippen LogP contribution < -0.4 is 11.6 Å². The van der Waals surface area contributed by atoms with E-state index in [2.05, 4.69) is 4.90 Å². The zero-order chi connectivity index (χ0) is 12.4. The molecule has 0 bridgehead atoms. The van der Waals surface area contributed by atoms with Gasteiger partial charge in [-0.25, -0.2) is 5.84 Å². The number of piperidine rings is 1. The fraction of sp³-hybridized carbons (Fsp3) is 0.600. The van der Waals surface area contributed by atoms with Gasteiger partial charge in [0, 0.05) is 51.9 Å². The van der Waals surface area contributed by atoms with Crippen LogP contribution >= 0.6 is 12.2 Å². The van der Waals surface area contributed by atoms with Crippen LogP contribution in [0.2, 0.25) is 0 Å². The van der Waals surface area contributed by atoms with Gasteiger partial charge < -0.3 is 10.7 Å². The molecule has 1 rings (SSSR count). The number of ketones is 1. The Bertz CT molecular complexity index is 233. The summed E-state index contributed by atoms with van der Waals surface area (Å²) in [7, 11) is 1.70. The first-order valence-corrected chi connectivity index (χ1v) is 5.61. The van der Waals surface area contributed by atoms with E-state index in [1.54, 1.807) is 18.6 Å². The number of hydrogen-bond acceptors (Lipinski definition) is 6. The van der Waals surface area contributed by atoms with Gasteiger partial charge in [-0.05, 0) is 5.37 Å². The Balaban J connectivity index is 0.000000325. The molecule has 0 aromatic carbocycles. The van der Waals surface area contributed by atoms with Gasteiger partial charge in [0.15, 0.2) is 0 Å². The predicted octanol–water partition coefficient (Wildman–Crippen LogP) is -0.127. The SMILES string of the molecule is CN(N)/C=C\N.O=C1CCN(CC=S)CC1. The minimum atomic E-state index is 0.389. The zero-order valence-electron chi connectivity index (χ0n) is 9.63. The van der Waals surface area contributed by atoms with Crippen molar-refractivity contribution in [3.8, 4) is 0 Å². The molecule has 0 aromatic heterocycles. The van der Waals surface area contributed by atoms with Gasteiger partial charge in [0.1, 0.15) is 5.78 Å². The molecule has 1 aliphatic heterocycles. The molecule has 0 radical (unpaired) electrons. The van der Waals surface area contributed by atoms with E-state index in [1.807, 2.05) is 0 Å². The van der Waals surface area contributed by atoms with E-state index in [-0.39, 0.29) is 0 Å². The number of carbonyl (C=O) groups is 1. The first kappa shape index (κ1) is 15.0. The second kappa shape index (κ2) is 9.26. The van der Waals surface area contributed by atoms with E-state index in [0.29, 0.717) is 18.6 Å². The minimum absolute atomic E-state index is 0.389. The average molecular weight is 244 g/mol. The zero-order valence-corrected chi connectivity index (χ0v) is 10.4. The van der Waals surface area contributed by atoms with E-state index in [1.165, 1.54) is 11.2 Å². The summed E-state index contributed by atoms with van der Waals surface area (Å²) in [6, 6.07) is 0. The van der Waals surface area contributed by atoms with Crippen LogP contribution in [0.1, 0.15) is 12.8 Å². The van der Waals surface area contributed by atoms with Crippen LogP contribution in [0.3, 0.4) is 0 Å². The third kappa shape index (κ3) is 8.34. The third-order valence-electron chi connectivity index (χ3n) is 2.07. The fourth-order valence-corrected chi connectivity index (χ4v) is 1.44. The van der Waals surface area contributed by atoms with Crippen LogP contribution in [0.15, 0.2) is 12.4 Å². The van der Waals surface area contributed by atoms with E-state index in [4.69, 9.17) is 23.8 Å². The van der Waals surface area contributed by atoms with Crippen molar-refractivity contribution >= 4 is 23.4 Å². The number of hydrazine groups is 1. The molecule has 0 aromatic rings. The summed E-state index contributed by atoms with van der Waals surface area (Å²) >= 11 is 4.71. The highest BCUT2D eigenvalue weighted by atomic mass is 32.1. The maximum absolute atomic E-state index is 10.7. The summed E-state index contributed by atoms with van der Waals surface area (Å²) in [5.74, 6) is 5.46. The lowest BCUT2D eigenvalue weighted by Crippen LogP contribution is -2.34. The maximum atomic E-state index is 10.7. The molecule has 92 valence electrons. The molecule has 0 spiro atoms. The van der Waals surface area contributed by atoms with E-state index < -0.39 is 0 Å². The van der Waals surface area contributed by atoms with Crippen LogP contribution in [-0.4, -0.2) is 47.7 Å². The number of likely N-dealkylation sites (tertiary alicyclic amines) is 1.